The lowest BCUT2D eigenvalue weighted by molar-refractivity contribution is -0.183. The van der Waals surface area contributed by atoms with Gasteiger partial charge in [0.25, 0.3) is 0 Å². The third kappa shape index (κ3) is 5.72. The van der Waals surface area contributed by atoms with E-state index in [0.29, 0.717) is 13.1 Å². The van der Waals surface area contributed by atoms with Crippen molar-refractivity contribution in [3.05, 3.63) is 0 Å². The van der Waals surface area contributed by atoms with Crippen LogP contribution in [0.3, 0.4) is 0 Å². The van der Waals surface area contributed by atoms with Gasteiger partial charge in [-0.1, -0.05) is 0 Å². The van der Waals surface area contributed by atoms with Crippen molar-refractivity contribution >= 4 is 30.7 Å². The van der Waals surface area contributed by atoms with Crippen molar-refractivity contribution in [1.29, 1.82) is 0 Å². The molecule has 1 aliphatic heterocycles. The van der Waals surface area contributed by atoms with E-state index in [0.717, 1.165) is 6.92 Å². The zero-order valence-electron chi connectivity index (χ0n) is 10.8. The van der Waals surface area contributed by atoms with Gasteiger partial charge in [-0.2, -0.15) is 13.2 Å². The summed E-state index contributed by atoms with van der Waals surface area (Å²) in [6.45, 7) is 3.80. The minimum Gasteiger partial charge on any atom is -0.339 e. The maximum atomic E-state index is 12.5. The van der Waals surface area contributed by atoms with E-state index in [4.69, 9.17) is 5.73 Å². The smallest absolute Gasteiger partial charge is 0.339 e. The Kier molecular flexibility index (Phi) is 9.02. The molecule has 1 heterocycles. The number of amides is 1. The van der Waals surface area contributed by atoms with Crippen molar-refractivity contribution in [2.45, 2.75) is 32.1 Å². The number of carbonyl (C=O) groups is 1. The largest absolute Gasteiger partial charge is 0.403 e. The van der Waals surface area contributed by atoms with Crippen LogP contribution in [-0.2, 0) is 4.79 Å². The average Bonchev–Trinajstić information content (AvgIpc) is 2.26. The molecule has 0 bridgehead atoms. The van der Waals surface area contributed by atoms with E-state index in [1.807, 2.05) is 0 Å². The van der Waals surface area contributed by atoms with Crippen LogP contribution in [0.15, 0.2) is 0 Å². The number of piperazine rings is 1. The van der Waals surface area contributed by atoms with Gasteiger partial charge in [0.15, 0.2) is 0 Å². The van der Waals surface area contributed by atoms with Crippen LogP contribution in [-0.4, -0.2) is 60.1 Å². The van der Waals surface area contributed by atoms with Gasteiger partial charge in [-0.3, -0.25) is 9.69 Å². The van der Waals surface area contributed by atoms with E-state index in [-0.39, 0.29) is 43.8 Å². The van der Waals surface area contributed by atoms with Gasteiger partial charge in [-0.25, -0.2) is 0 Å². The molecule has 4 nitrogen and oxygen atoms in total. The number of hydrogen-bond acceptors (Lipinski definition) is 3. The van der Waals surface area contributed by atoms with Crippen molar-refractivity contribution in [1.82, 2.24) is 9.80 Å². The molecule has 1 saturated heterocycles. The highest BCUT2D eigenvalue weighted by atomic mass is 35.5. The lowest BCUT2D eigenvalue weighted by Crippen LogP contribution is -2.56. The number of halogens is 5. The Labute approximate surface area is 123 Å². The molecule has 1 unspecified atom stereocenters. The zero-order chi connectivity index (χ0) is 13.2. The summed E-state index contributed by atoms with van der Waals surface area (Å²) in [6, 6.07) is -2.06. The van der Waals surface area contributed by atoms with Crippen molar-refractivity contribution < 1.29 is 18.0 Å². The molecule has 1 fully saturated rings. The first kappa shape index (κ1) is 21.1. The maximum absolute atomic E-state index is 12.5. The highest BCUT2D eigenvalue weighted by Crippen LogP contribution is 2.25. The molecule has 1 aliphatic rings. The Balaban J connectivity index is 0. The van der Waals surface area contributed by atoms with Crippen LogP contribution >= 0.6 is 24.8 Å². The average molecular weight is 326 g/mol. The van der Waals surface area contributed by atoms with E-state index >= 15 is 0 Å². The second kappa shape index (κ2) is 8.14. The van der Waals surface area contributed by atoms with Gasteiger partial charge in [-0.05, 0) is 13.8 Å². The summed E-state index contributed by atoms with van der Waals surface area (Å²) in [4.78, 5) is 14.4. The van der Waals surface area contributed by atoms with Gasteiger partial charge in [0, 0.05) is 26.2 Å². The molecule has 9 heteroatoms. The molecule has 1 rings (SSSR count). The molecule has 2 atom stereocenters. The lowest BCUT2D eigenvalue weighted by atomic mass is 10.2. The summed E-state index contributed by atoms with van der Waals surface area (Å²) in [6.07, 6.45) is -4.21. The lowest BCUT2D eigenvalue weighted by Gasteiger charge is -2.39. The second-order valence-electron chi connectivity index (χ2n) is 4.37. The van der Waals surface area contributed by atoms with Crippen LogP contribution in [0.2, 0.25) is 0 Å². The van der Waals surface area contributed by atoms with Crippen LogP contribution < -0.4 is 5.73 Å². The molecular weight excluding hydrogens is 306 g/mol. The van der Waals surface area contributed by atoms with Gasteiger partial charge in [0.05, 0.1) is 6.04 Å². The fourth-order valence-corrected chi connectivity index (χ4v) is 1.82. The van der Waals surface area contributed by atoms with Gasteiger partial charge >= 0.3 is 6.18 Å². The van der Waals surface area contributed by atoms with Crippen molar-refractivity contribution in [2.75, 3.05) is 26.2 Å². The number of alkyl halides is 3. The fourth-order valence-electron chi connectivity index (χ4n) is 1.82. The van der Waals surface area contributed by atoms with Crippen LogP contribution in [0, 0.1) is 0 Å². The Bertz CT molecular complexity index is 282. The Morgan fingerprint density at radius 1 is 1.11 bits per heavy atom. The van der Waals surface area contributed by atoms with Crippen LogP contribution in [0.25, 0.3) is 0 Å². The second-order valence-corrected chi connectivity index (χ2v) is 4.37. The van der Waals surface area contributed by atoms with E-state index < -0.39 is 18.3 Å². The third-order valence-corrected chi connectivity index (χ3v) is 3.04. The number of nitrogens with two attached hydrogens (primary N) is 1. The molecular formula is C10H20Cl2F3N3O. The number of hydrogen-bond donors (Lipinski definition) is 1. The first-order valence-corrected chi connectivity index (χ1v) is 5.58. The summed E-state index contributed by atoms with van der Waals surface area (Å²) >= 11 is 0. The molecule has 2 N–H and O–H groups in total. The molecule has 0 aromatic heterocycles. The van der Waals surface area contributed by atoms with Gasteiger partial charge in [-0.15, -0.1) is 24.8 Å². The molecule has 0 aromatic rings. The number of rotatable bonds is 2. The summed E-state index contributed by atoms with van der Waals surface area (Å²) in [5.74, 6) is -0.204. The van der Waals surface area contributed by atoms with Crippen LogP contribution in [0.4, 0.5) is 13.2 Å². The van der Waals surface area contributed by atoms with Crippen molar-refractivity contribution in [3.63, 3.8) is 0 Å². The minimum atomic E-state index is -4.21. The third-order valence-electron chi connectivity index (χ3n) is 3.04. The normalized spacial score (nSPS) is 20.0. The predicted octanol–water partition coefficient (Wildman–Crippen LogP) is 1.27. The topological polar surface area (TPSA) is 49.6 Å². The van der Waals surface area contributed by atoms with Gasteiger partial charge < -0.3 is 10.6 Å². The van der Waals surface area contributed by atoms with E-state index in [1.165, 1.54) is 9.80 Å². The number of carbonyl (C=O) groups excluding carboxylic acids is 1. The fraction of sp³-hybridized carbons (Fsp3) is 0.900. The van der Waals surface area contributed by atoms with Gasteiger partial charge in [0.1, 0.15) is 6.04 Å². The van der Waals surface area contributed by atoms with E-state index in [2.05, 4.69) is 0 Å². The summed E-state index contributed by atoms with van der Waals surface area (Å²) in [5, 5.41) is 0. The zero-order valence-corrected chi connectivity index (χ0v) is 12.4. The summed E-state index contributed by atoms with van der Waals surface area (Å²) < 4.78 is 37.4. The van der Waals surface area contributed by atoms with Crippen LogP contribution in [0.1, 0.15) is 13.8 Å². The Morgan fingerprint density at radius 3 is 1.84 bits per heavy atom. The first-order valence-electron chi connectivity index (χ1n) is 5.58. The van der Waals surface area contributed by atoms with Crippen LogP contribution in [0.5, 0.6) is 0 Å². The highest BCUT2D eigenvalue weighted by molar-refractivity contribution is 5.85. The molecule has 0 aliphatic carbocycles. The summed E-state index contributed by atoms with van der Waals surface area (Å²) in [5.41, 5.74) is 5.45. The predicted molar refractivity (Wildman–Crippen MR) is 71.8 cm³/mol. The standard InChI is InChI=1S/C10H18F3N3O.2ClH/c1-7(14)9(17)16-5-3-15(4-6-16)8(2)10(11,12)13;;/h7-8H,3-6,14H2,1-2H3;2*1H/t7-,8?;;/m1../s1. The monoisotopic (exact) mass is 325 g/mol. The molecule has 0 aromatic carbocycles. The molecule has 1 amide bonds. The van der Waals surface area contributed by atoms with E-state index in [1.54, 1.807) is 6.92 Å². The highest BCUT2D eigenvalue weighted by Gasteiger charge is 2.41. The maximum Gasteiger partial charge on any atom is 0.403 e. The van der Waals surface area contributed by atoms with Gasteiger partial charge in [0.2, 0.25) is 5.91 Å². The molecule has 0 radical (unpaired) electrons. The SMILES string of the molecule is CC(N1CCN(C(=O)[C@@H](C)N)CC1)C(F)(F)F.Cl.Cl. The van der Waals surface area contributed by atoms with E-state index in [9.17, 15) is 18.0 Å². The van der Waals surface area contributed by atoms with Crippen molar-refractivity contribution in [3.8, 4) is 0 Å². The Morgan fingerprint density at radius 2 is 1.53 bits per heavy atom. The quantitative estimate of drug-likeness (QED) is 0.831. The van der Waals surface area contributed by atoms with Crippen molar-refractivity contribution in [2.24, 2.45) is 5.73 Å². The summed E-state index contributed by atoms with van der Waals surface area (Å²) in [7, 11) is 0. The molecule has 0 spiro atoms. The minimum absolute atomic E-state index is 0. The molecule has 19 heavy (non-hydrogen) atoms. The molecule has 0 saturated carbocycles. The first-order chi connectivity index (χ1) is 7.73. The molecule has 116 valence electrons. The number of nitrogens with zero attached hydrogens (tertiary/aromatic N) is 2. The Hall–Kier alpha value is -0.240.